The van der Waals surface area contributed by atoms with Crippen LogP contribution in [0.5, 0.6) is 0 Å². The van der Waals surface area contributed by atoms with Gasteiger partial charge in [-0.2, -0.15) is 0 Å². The van der Waals surface area contributed by atoms with E-state index in [1.165, 1.54) is 25.7 Å². The van der Waals surface area contributed by atoms with Gasteiger partial charge in [-0.1, -0.05) is 25.7 Å². The number of nitrogens with zero attached hydrogens (tertiary/aromatic N) is 2. The van der Waals surface area contributed by atoms with Gasteiger partial charge in [0.1, 0.15) is 0 Å². The maximum absolute atomic E-state index is 12.4. The van der Waals surface area contributed by atoms with Gasteiger partial charge in [-0.05, 0) is 25.7 Å². The van der Waals surface area contributed by atoms with Crippen molar-refractivity contribution in [3.8, 4) is 0 Å². The summed E-state index contributed by atoms with van der Waals surface area (Å²) in [5.74, 6) is 0.290. The molecule has 3 amide bonds. The van der Waals surface area contributed by atoms with Crippen molar-refractivity contribution in [3.63, 3.8) is 0 Å². The fraction of sp³-hybridized carbons (Fsp3) is 0.875. The molecule has 0 bridgehead atoms. The van der Waals surface area contributed by atoms with E-state index in [1.807, 2.05) is 4.90 Å². The van der Waals surface area contributed by atoms with E-state index in [4.69, 9.17) is 0 Å². The van der Waals surface area contributed by atoms with E-state index < -0.39 is 0 Å². The molecule has 5 nitrogen and oxygen atoms in total. The third-order valence-corrected chi connectivity index (χ3v) is 4.72. The Balaban J connectivity index is 1.76. The molecule has 21 heavy (non-hydrogen) atoms. The number of hydrogen-bond acceptors (Lipinski definition) is 2. The SMILES string of the molecule is CN(C)C(=O)N1CCC(C(=O)NC2CCCCCC2)CC1. The molecule has 0 spiro atoms. The van der Waals surface area contributed by atoms with Crippen LogP contribution in [0.25, 0.3) is 0 Å². The van der Waals surface area contributed by atoms with Crippen molar-refractivity contribution in [1.29, 1.82) is 0 Å². The van der Waals surface area contributed by atoms with Crippen molar-refractivity contribution in [1.82, 2.24) is 15.1 Å². The first-order valence-corrected chi connectivity index (χ1v) is 8.34. The molecule has 0 aromatic rings. The lowest BCUT2D eigenvalue weighted by atomic mass is 9.95. The molecule has 0 radical (unpaired) electrons. The van der Waals surface area contributed by atoms with Crippen LogP contribution in [-0.4, -0.2) is 55.0 Å². The molecule has 2 aliphatic rings. The number of urea groups is 1. The molecule has 1 saturated heterocycles. The van der Waals surface area contributed by atoms with Crippen LogP contribution in [0.2, 0.25) is 0 Å². The van der Waals surface area contributed by atoms with Crippen molar-refractivity contribution in [2.75, 3.05) is 27.2 Å². The number of carbonyl (C=O) groups excluding carboxylic acids is 2. The Kier molecular flexibility index (Phi) is 5.88. The molecule has 1 aliphatic carbocycles. The lowest BCUT2D eigenvalue weighted by molar-refractivity contribution is -0.127. The van der Waals surface area contributed by atoms with Gasteiger partial charge in [-0.25, -0.2) is 4.79 Å². The van der Waals surface area contributed by atoms with Crippen LogP contribution in [0.3, 0.4) is 0 Å². The Morgan fingerprint density at radius 1 is 0.952 bits per heavy atom. The van der Waals surface area contributed by atoms with E-state index in [2.05, 4.69) is 5.32 Å². The lowest BCUT2D eigenvalue weighted by Crippen LogP contribution is -2.47. The topological polar surface area (TPSA) is 52.7 Å². The van der Waals surface area contributed by atoms with Crippen LogP contribution in [0.4, 0.5) is 4.79 Å². The van der Waals surface area contributed by atoms with Crippen LogP contribution < -0.4 is 5.32 Å². The highest BCUT2D eigenvalue weighted by molar-refractivity contribution is 5.80. The standard InChI is InChI=1S/C16H29N3O2/c1-18(2)16(21)19-11-9-13(10-12-19)15(20)17-14-7-5-3-4-6-8-14/h13-14H,3-12H2,1-2H3,(H,17,20). The third kappa shape index (κ3) is 4.61. The number of amides is 3. The van der Waals surface area contributed by atoms with Gasteiger partial charge in [0.2, 0.25) is 5.91 Å². The zero-order valence-electron chi connectivity index (χ0n) is 13.4. The van der Waals surface area contributed by atoms with Gasteiger partial charge in [0.05, 0.1) is 0 Å². The number of hydrogen-bond donors (Lipinski definition) is 1. The molecule has 2 rings (SSSR count). The predicted octanol–water partition coefficient (Wildman–Crippen LogP) is 2.22. The fourth-order valence-corrected chi connectivity index (χ4v) is 3.36. The van der Waals surface area contributed by atoms with E-state index in [0.29, 0.717) is 19.1 Å². The second-order valence-electron chi connectivity index (χ2n) is 6.64. The summed E-state index contributed by atoms with van der Waals surface area (Å²) >= 11 is 0. The molecular weight excluding hydrogens is 266 g/mol. The fourth-order valence-electron chi connectivity index (χ4n) is 3.36. The Hall–Kier alpha value is -1.26. The average molecular weight is 295 g/mol. The van der Waals surface area contributed by atoms with Gasteiger partial charge < -0.3 is 15.1 Å². The lowest BCUT2D eigenvalue weighted by Gasteiger charge is -2.33. The molecule has 1 N–H and O–H groups in total. The van der Waals surface area contributed by atoms with E-state index in [1.54, 1.807) is 19.0 Å². The van der Waals surface area contributed by atoms with E-state index in [-0.39, 0.29) is 17.9 Å². The Labute approximate surface area is 128 Å². The number of piperidine rings is 1. The number of nitrogens with one attached hydrogen (secondary N) is 1. The van der Waals surface area contributed by atoms with E-state index >= 15 is 0 Å². The minimum absolute atomic E-state index is 0.0534. The first-order valence-electron chi connectivity index (χ1n) is 8.34. The van der Waals surface area contributed by atoms with Gasteiger partial charge >= 0.3 is 6.03 Å². The zero-order chi connectivity index (χ0) is 15.2. The molecular formula is C16H29N3O2. The van der Waals surface area contributed by atoms with Crippen molar-refractivity contribution >= 4 is 11.9 Å². The largest absolute Gasteiger partial charge is 0.353 e. The minimum Gasteiger partial charge on any atom is -0.353 e. The molecule has 1 heterocycles. The monoisotopic (exact) mass is 295 g/mol. The second-order valence-corrected chi connectivity index (χ2v) is 6.64. The van der Waals surface area contributed by atoms with Crippen LogP contribution >= 0.6 is 0 Å². The molecule has 1 aliphatic heterocycles. The summed E-state index contributed by atoms with van der Waals surface area (Å²) < 4.78 is 0. The molecule has 2 fully saturated rings. The molecule has 1 saturated carbocycles. The van der Waals surface area contributed by atoms with Gasteiger partial charge in [-0.15, -0.1) is 0 Å². The molecule has 0 unspecified atom stereocenters. The first-order chi connectivity index (χ1) is 10.1. The van der Waals surface area contributed by atoms with Gasteiger partial charge in [-0.3, -0.25) is 4.79 Å². The Bertz CT molecular complexity index is 355. The maximum atomic E-state index is 12.4. The summed E-state index contributed by atoms with van der Waals surface area (Å²) in [6.07, 6.45) is 8.92. The maximum Gasteiger partial charge on any atom is 0.319 e. The highest BCUT2D eigenvalue weighted by atomic mass is 16.2. The molecule has 5 heteroatoms. The average Bonchev–Trinajstić information content (AvgIpc) is 2.75. The first kappa shape index (κ1) is 16.1. The third-order valence-electron chi connectivity index (χ3n) is 4.72. The normalized spacial score (nSPS) is 21.7. The summed E-state index contributed by atoms with van der Waals surface area (Å²) in [6.45, 7) is 1.39. The van der Waals surface area contributed by atoms with Gasteiger partial charge in [0, 0.05) is 39.1 Å². The number of likely N-dealkylation sites (tertiary alicyclic amines) is 1. The molecule has 120 valence electrons. The minimum atomic E-state index is 0.0534. The number of rotatable bonds is 2. The smallest absolute Gasteiger partial charge is 0.319 e. The zero-order valence-corrected chi connectivity index (χ0v) is 13.4. The number of carbonyl (C=O) groups is 2. The summed E-state index contributed by atoms with van der Waals surface area (Å²) in [6, 6.07) is 0.430. The van der Waals surface area contributed by atoms with E-state index in [9.17, 15) is 9.59 Å². The predicted molar refractivity (Wildman–Crippen MR) is 83.0 cm³/mol. The second kappa shape index (κ2) is 7.66. The Morgan fingerprint density at radius 2 is 1.52 bits per heavy atom. The highest BCUT2D eigenvalue weighted by Crippen LogP contribution is 2.21. The van der Waals surface area contributed by atoms with Crippen LogP contribution in [0.1, 0.15) is 51.4 Å². The van der Waals surface area contributed by atoms with Crippen molar-refractivity contribution < 1.29 is 9.59 Å². The van der Waals surface area contributed by atoms with Crippen LogP contribution in [-0.2, 0) is 4.79 Å². The summed E-state index contributed by atoms with van der Waals surface area (Å²) in [4.78, 5) is 27.7. The van der Waals surface area contributed by atoms with Gasteiger partial charge in [0.15, 0.2) is 0 Å². The quantitative estimate of drug-likeness (QED) is 0.794. The summed E-state index contributed by atoms with van der Waals surface area (Å²) in [7, 11) is 3.54. The molecule has 0 aromatic carbocycles. The summed E-state index contributed by atoms with van der Waals surface area (Å²) in [5, 5.41) is 3.24. The van der Waals surface area contributed by atoms with Crippen LogP contribution in [0.15, 0.2) is 0 Å². The molecule has 0 atom stereocenters. The highest BCUT2D eigenvalue weighted by Gasteiger charge is 2.29. The molecule has 0 aromatic heterocycles. The van der Waals surface area contributed by atoms with Crippen molar-refractivity contribution in [3.05, 3.63) is 0 Å². The van der Waals surface area contributed by atoms with Crippen molar-refractivity contribution in [2.24, 2.45) is 5.92 Å². The van der Waals surface area contributed by atoms with Gasteiger partial charge in [0.25, 0.3) is 0 Å². The summed E-state index contributed by atoms with van der Waals surface area (Å²) in [5.41, 5.74) is 0. The van der Waals surface area contributed by atoms with Crippen molar-refractivity contribution in [2.45, 2.75) is 57.4 Å². The Morgan fingerprint density at radius 3 is 2.05 bits per heavy atom. The van der Waals surface area contributed by atoms with E-state index in [0.717, 1.165) is 25.7 Å². The van der Waals surface area contributed by atoms with Crippen LogP contribution in [0, 0.1) is 5.92 Å².